The van der Waals surface area contributed by atoms with Gasteiger partial charge in [0.05, 0.1) is 18.8 Å². The van der Waals surface area contributed by atoms with Crippen molar-refractivity contribution in [3.8, 4) is 0 Å². The molecule has 18 heavy (non-hydrogen) atoms. The van der Waals surface area contributed by atoms with E-state index in [1.54, 1.807) is 4.90 Å². The Balaban J connectivity index is 2.21. The average Bonchev–Trinajstić information content (AvgIpc) is 2.77. The third-order valence-corrected chi connectivity index (χ3v) is 3.63. The molecule has 1 saturated heterocycles. The molecule has 7 heteroatoms. The minimum Gasteiger partial charge on any atom is -0.476 e. The van der Waals surface area contributed by atoms with Crippen LogP contribution in [0.15, 0.2) is 5.38 Å². The smallest absolute Gasteiger partial charge is 0.355 e. The second-order valence-electron chi connectivity index (χ2n) is 4.66. The number of thiazole rings is 1. The van der Waals surface area contributed by atoms with Crippen LogP contribution in [0.2, 0.25) is 0 Å². The summed E-state index contributed by atoms with van der Waals surface area (Å²) in [6.07, 6.45) is 0. The van der Waals surface area contributed by atoms with Crippen molar-refractivity contribution in [2.75, 3.05) is 19.8 Å². The fourth-order valence-corrected chi connectivity index (χ4v) is 2.56. The molecular formula is C11H14N2O4S. The van der Waals surface area contributed by atoms with Gasteiger partial charge in [0.25, 0.3) is 5.91 Å². The largest absolute Gasteiger partial charge is 0.476 e. The molecule has 1 aromatic rings. The summed E-state index contributed by atoms with van der Waals surface area (Å²) in [4.78, 5) is 28.5. The second-order valence-corrected chi connectivity index (χ2v) is 5.52. The van der Waals surface area contributed by atoms with Gasteiger partial charge in [0.15, 0.2) is 10.7 Å². The molecule has 0 spiro atoms. The lowest BCUT2D eigenvalue weighted by atomic mass is 10.0. The molecule has 1 aliphatic heterocycles. The number of ether oxygens (including phenoxy) is 1. The summed E-state index contributed by atoms with van der Waals surface area (Å²) in [5.41, 5.74) is -0.487. The SMILES string of the molecule is CC1(C)COCCN1C(=O)c1nc(C(=O)O)cs1. The van der Waals surface area contributed by atoms with Crippen molar-refractivity contribution in [1.82, 2.24) is 9.88 Å². The third-order valence-electron chi connectivity index (χ3n) is 2.80. The Kier molecular flexibility index (Phi) is 3.36. The van der Waals surface area contributed by atoms with E-state index in [1.807, 2.05) is 13.8 Å². The number of hydrogen-bond acceptors (Lipinski definition) is 5. The first-order valence-electron chi connectivity index (χ1n) is 5.50. The zero-order valence-electron chi connectivity index (χ0n) is 10.2. The molecule has 0 bridgehead atoms. The number of morpholine rings is 1. The molecule has 98 valence electrons. The Hall–Kier alpha value is -1.47. The lowest BCUT2D eigenvalue weighted by molar-refractivity contribution is -0.0370. The minimum absolute atomic E-state index is 0.0885. The molecule has 2 rings (SSSR count). The van der Waals surface area contributed by atoms with Gasteiger partial charge in [0.1, 0.15) is 0 Å². The molecule has 1 fully saturated rings. The van der Waals surface area contributed by atoms with E-state index < -0.39 is 11.5 Å². The van der Waals surface area contributed by atoms with Crippen LogP contribution in [0, 0.1) is 0 Å². The maximum atomic E-state index is 12.3. The monoisotopic (exact) mass is 270 g/mol. The molecule has 2 heterocycles. The Morgan fingerprint density at radius 2 is 2.28 bits per heavy atom. The highest BCUT2D eigenvalue weighted by molar-refractivity contribution is 7.11. The van der Waals surface area contributed by atoms with Crippen LogP contribution >= 0.6 is 11.3 Å². The summed E-state index contributed by atoms with van der Waals surface area (Å²) in [6, 6.07) is 0. The normalized spacial score (nSPS) is 18.7. The lowest BCUT2D eigenvalue weighted by Crippen LogP contribution is -2.55. The number of amides is 1. The van der Waals surface area contributed by atoms with E-state index in [0.717, 1.165) is 11.3 Å². The van der Waals surface area contributed by atoms with Gasteiger partial charge in [-0.3, -0.25) is 4.79 Å². The summed E-state index contributed by atoms with van der Waals surface area (Å²) in [7, 11) is 0. The van der Waals surface area contributed by atoms with Gasteiger partial charge in [0.2, 0.25) is 0 Å². The number of rotatable bonds is 2. The van der Waals surface area contributed by atoms with E-state index in [-0.39, 0.29) is 16.6 Å². The van der Waals surface area contributed by atoms with E-state index in [1.165, 1.54) is 5.38 Å². The fourth-order valence-electron chi connectivity index (χ4n) is 1.82. The Bertz CT molecular complexity index is 483. The summed E-state index contributed by atoms with van der Waals surface area (Å²) >= 11 is 1.06. The van der Waals surface area contributed by atoms with E-state index in [4.69, 9.17) is 9.84 Å². The molecule has 0 unspecified atom stereocenters. The van der Waals surface area contributed by atoms with E-state index in [0.29, 0.717) is 19.8 Å². The van der Waals surface area contributed by atoms with E-state index in [2.05, 4.69) is 4.98 Å². The number of carboxylic acids is 1. The van der Waals surface area contributed by atoms with Gasteiger partial charge < -0.3 is 14.7 Å². The predicted molar refractivity (Wildman–Crippen MR) is 65.0 cm³/mol. The minimum atomic E-state index is -1.12. The Morgan fingerprint density at radius 3 is 2.83 bits per heavy atom. The molecular weight excluding hydrogens is 256 g/mol. The zero-order valence-corrected chi connectivity index (χ0v) is 11.0. The molecule has 0 saturated carbocycles. The van der Waals surface area contributed by atoms with Crippen LogP contribution in [0.3, 0.4) is 0 Å². The molecule has 1 aromatic heterocycles. The van der Waals surface area contributed by atoms with Crippen LogP contribution in [0.4, 0.5) is 0 Å². The first-order chi connectivity index (χ1) is 8.42. The number of carboxylic acid groups (broad SMARTS) is 1. The average molecular weight is 270 g/mol. The summed E-state index contributed by atoms with van der Waals surface area (Å²) < 4.78 is 5.34. The van der Waals surface area contributed by atoms with Crippen molar-refractivity contribution in [2.24, 2.45) is 0 Å². The molecule has 1 N–H and O–H groups in total. The van der Waals surface area contributed by atoms with Crippen molar-refractivity contribution in [2.45, 2.75) is 19.4 Å². The molecule has 6 nitrogen and oxygen atoms in total. The van der Waals surface area contributed by atoms with Crippen molar-refractivity contribution in [3.05, 3.63) is 16.1 Å². The number of hydrogen-bond donors (Lipinski definition) is 1. The number of nitrogens with zero attached hydrogens (tertiary/aromatic N) is 2. The quantitative estimate of drug-likeness (QED) is 0.870. The van der Waals surface area contributed by atoms with Gasteiger partial charge in [-0.15, -0.1) is 11.3 Å². The standard InChI is InChI=1S/C11H14N2O4S/c1-11(2)6-17-4-3-13(11)9(14)8-12-7(5-18-8)10(15)16/h5H,3-4,6H2,1-2H3,(H,15,16). The molecule has 0 atom stereocenters. The van der Waals surface area contributed by atoms with Crippen molar-refractivity contribution < 1.29 is 19.4 Å². The third kappa shape index (κ3) is 2.37. The van der Waals surface area contributed by atoms with Gasteiger partial charge in [-0.2, -0.15) is 0 Å². The van der Waals surface area contributed by atoms with Crippen molar-refractivity contribution in [1.29, 1.82) is 0 Å². The highest BCUT2D eigenvalue weighted by Crippen LogP contribution is 2.23. The van der Waals surface area contributed by atoms with Crippen LogP contribution in [0.5, 0.6) is 0 Å². The van der Waals surface area contributed by atoms with E-state index in [9.17, 15) is 9.59 Å². The van der Waals surface area contributed by atoms with Gasteiger partial charge in [-0.1, -0.05) is 0 Å². The highest BCUT2D eigenvalue weighted by Gasteiger charge is 2.35. The highest BCUT2D eigenvalue weighted by atomic mass is 32.1. The van der Waals surface area contributed by atoms with Crippen LogP contribution in [-0.2, 0) is 4.74 Å². The first kappa shape index (κ1) is 13.0. The predicted octanol–water partition coefficient (Wildman–Crippen LogP) is 1.09. The van der Waals surface area contributed by atoms with Crippen LogP contribution in [0.25, 0.3) is 0 Å². The second kappa shape index (κ2) is 4.66. The van der Waals surface area contributed by atoms with Gasteiger partial charge in [-0.05, 0) is 13.8 Å². The number of aromatic carboxylic acids is 1. The molecule has 1 aliphatic rings. The Morgan fingerprint density at radius 1 is 1.56 bits per heavy atom. The molecule has 1 amide bonds. The fraction of sp³-hybridized carbons (Fsp3) is 0.545. The van der Waals surface area contributed by atoms with E-state index >= 15 is 0 Å². The topological polar surface area (TPSA) is 79.7 Å². The summed E-state index contributed by atoms with van der Waals surface area (Å²) in [5, 5.41) is 10.4. The van der Waals surface area contributed by atoms with Gasteiger partial charge in [-0.25, -0.2) is 9.78 Å². The first-order valence-corrected chi connectivity index (χ1v) is 6.38. The van der Waals surface area contributed by atoms with Crippen LogP contribution in [-0.4, -0.2) is 52.2 Å². The molecule has 0 aromatic carbocycles. The van der Waals surface area contributed by atoms with Gasteiger partial charge >= 0.3 is 5.97 Å². The van der Waals surface area contributed by atoms with Crippen LogP contribution in [0.1, 0.15) is 34.1 Å². The molecule has 0 radical (unpaired) electrons. The number of aromatic nitrogens is 1. The van der Waals surface area contributed by atoms with Crippen molar-refractivity contribution >= 4 is 23.2 Å². The maximum absolute atomic E-state index is 12.3. The number of carbonyl (C=O) groups excluding carboxylic acids is 1. The number of carbonyl (C=O) groups is 2. The Labute approximate surface area is 108 Å². The summed E-state index contributed by atoms with van der Waals surface area (Å²) in [5.74, 6) is -1.35. The lowest BCUT2D eigenvalue weighted by Gasteiger charge is -2.41. The zero-order chi connectivity index (χ0) is 13.3. The van der Waals surface area contributed by atoms with Crippen LogP contribution < -0.4 is 0 Å². The maximum Gasteiger partial charge on any atom is 0.355 e. The summed E-state index contributed by atoms with van der Waals surface area (Å²) in [6.45, 7) is 5.28. The van der Waals surface area contributed by atoms with Crippen molar-refractivity contribution in [3.63, 3.8) is 0 Å². The molecule has 0 aliphatic carbocycles. The van der Waals surface area contributed by atoms with Gasteiger partial charge in [0, 0.05) is 11.9 Å².